The Labute approximate surface area is 195 Å². The number of rotatable bonds is 3. The van der Waals surface area contributed by atoms with Crippen molar-refractivity contribution in [1.29, 1.82) is 10.5 Å². The molecule has 8 heteroatoms. The lowest BCUT2D eigenvalue weighted by atomic mass is 9.99. The van der Waals surface area contributed by atoms with Gasteiger partial charge in [0.2, 0.25) is 0 Å². The molecule has 0 aromatic heterocycles. The van der Waals surface area contributed by atoms with Crippen molar-refractivity contribution in [1.82, 2.24) is 4.90 Å². The fraction of sp³-hybridized carbons (Fsp3) is 0.0769. The SMILES string of the molecule is CN1C(=O)c2cc(C=O)c(C(=O)N(C)c3ccc(C#N)cc3)cc2C1=O.N#Cc1ccccc1. The zero-order chi connectivity index (χ0) is 24.8. The maximum Gasteiger partial charge on any atom is 0.261 e. The van der Waals surface area contributed by atoms with Crippen LogP contribution in [-0.4, -0.2) is 43.0 Å². The molecule has 3 aromatic carbocycles. The average molecular weight is 450 g/mol. The van der Waals surface area contributed by atoms with Gasteiger partial charge in [-0.15, -0.1) is 0 Å². The summed E-state index contributed by atoms with van der Waals surface area (Å²) >= 11 is 0. The second kappa shape index (κ2) is 10.0. The number of fused-ring (bicyclic) bond motifs is 1. The van der Waals surface area contributed by atoms with Crippen LogP contribution in [0.1, 0.15) is 52.6 Å². The van der Waals surface area contributed by atoms with Gasteiger partial charge >= 0.3 is 0 Å². The number of carbonyl (C=O) groups is 4. The summed E-state index contributed by atoms with van der Waals surface area (Å²) in [4.78, 5) is 50.7. The monoisotopic (exact) mass is 450 g/mol. The Balaban J connectivity index is 0.000000343. The van der Waals surface area contributed by atoms with Crippen LogP contribution in [0.4, 0.5) is 5.69 Å². The maximum atomic E-state index is 12.8. The van der Waals surface area contributed by atoms with Gasteiger partial charge in [0.15, 0.2) is 6.29 Å². The maximum absolute atomic E-state index is 12.8. The standard InChI is InChI=1S/C19H13N3O4.C7H5N/c1-21(13-5-3-11(9-20)4-6-13)17(24)14-8-16-15(7-12(14)10-23)18(25)22(2)19(16)26;8-6-7-4-2-1-3-5-7/h3-8,10H,1-2H3;1-5H. The van der Waals surface area contributed by atoms with Gasteiger partial charge in [0.25, 0.3) is 17.7 Å². The van der Waals surface area contributed by atoms with E-state index in [4.69, 9.17) is 10.5 Å². The number of benzene rings is 3. The van der Waals surface area contributed by atoms with Gasteiger partial charge in [0.1, 0.15) is 0 Å². The molecule has 0 unspecified atom stereocenters. The third kappa shape index (κ3) is 4.57. The van der Waals surface area contributed by atoms with E-state index in [1.807, 2.05) is 30.3 Å². The minimum atomic E-state index is -0.516. The Kier molecular flexibility index (Phi) is 6.95. The third-order valence-electron chi connectivity index (χ3n) is 5.21. The highest BCUT2D eigenvalue weighted by Gasteiger charge is 2.35. The number of imide groups is 1. The predicted molar refractivity (Wildman–Crippen MR) is 123 cm³/mol. The second-order valence-corrected chi connectivity index (χ2v) is 7.27. The van der Waals surface area contributed by atoms with Crippen LogP contribution in [0.3, 0.4) is 0 Å². The van der Waals surface area contributed by atoms with Gasteiger partial charge in [-0.2, -0.15) is 10.5 Å². The van der Waals surface area contributed by atoms with Crippen LogP contribution < -0.4 is 4.90 Å². The molecule has 3 amide bonds. The Morgan fingerprint density at radius 2 is 1.41 bits per heavy atom. The highest BCUT2D eigenvalue weighted by atomic mass is 16.2. The van der Waals surface area contributed by atoms with Crippen molar-refractivity contribution in [3.63, 3.8) is 0 Å². The minimum Gasteiger partial charge on any atom is -0.311 e. The Morgan fingerprint density at radius 3 is 1.91 bits per heavy atom. The number of hydrogen-bond donors (Lipinski definition) is 0. The van der Waals surface area contributed by atoms with Crippen LogP contribution in [-0.2, 0) is 0 Å². The number of nitriles is 2. The molecule has 1 aliphatic heterocycles. The van der Waals surface area contributed by atoms with E-state index in [2.05, 4.69) is 0 Å². The van der Waals surface area contributed by atoms with E-state index in [1.165, 1.54) is 31.1 Å². The highest BCUT2D eigenvalue weighted by Crippen LogP contribution is 2.26. The van der Waals surface area contributed by atoms with Crippen LogP contribution in [0, 0.1) is 22.7 Å². The number of anilines is 1. The van der Waals surface area contributed by atoms with Crippen molar-refractivity contribution in [2.24, 2.45) is 0 Å². The summed E-state index contributed by atoms with van der Waals surface area (Å²) in [5.41, 5.74) is 1.95. The smallest absolute Gasteiger partial charge is 0.261 e. The first-order chi connectivity index (χ1) is 16.3. The molecule has 34 heavy (non-hydrogen) atoms. The van der Waals surface area contributed by atoms with Crippen LogP contribution in [0.5, 0.6) is 0 Å². The van der Waals surface area contributed by atoms with E-state index in [9.17, 15) is 19.2 Å². The molecule has 0 atom stereocenters. The van der Waals surface area contributed by atoms with Crippen molar-refractivity contribution in [2.75, 3.05) is 19.0 Å². The lowest BCUT2D eigenvalue weighted by Crippen LogP contribution is -2.27. The summed E-state index contributed by atoms with van der Waals surface area (Å²) in [7, 11) is 2.86. The van der Waals surface area contributed by atoms with Gasteiger partial charge in [-0.3, -0.25) is 24.1 Å². The minimum absolute atomic E-state index is 0.0297. The molecule has 4 rings (SSSR count). The van der Waals surface area contributed by atoms with E-state index in [-0.39, 0.29) is 22.3 Å². The first-order valence-corrected chi connectivity index (χ1v) is 10.0. The second-order valence-electron chi connectivity index (χ2n) is 7.27. The number of carbonyl (C=O) groups excluding carboxylic acids is 4. The number of nitrogens with zero attached hydrogens (tertiary/aromatic N) is 4. The summed E-state index contributed by atoms with van der Waals surface area (Å²) in [6, 6.07) is 22.1. The van der Waals surface area contributed by atoms with Crippen LogP contribution in [0.25, 0.3) is 0 Å². The molecule has 166 valence electrons. The molecule has 0 saturated carbocycles. The van der Waals surface area contributed by atoms with E-state index < -0.39 is 17.7 Å². The summed E-state index contributed by atoms with van der Waals surface area (Å²) in [5, 5.41) is 17.1. The molecule has 0 radical (unpaired) electrons. The van der Waals surface area contributed by atoms with Crippen LogP contribution >= 0.6 is 0 Å². The third-order valence-corrected chi connectivity index (χ3v) is 5.21. The quantitative estimate of drug-likeness (QED) is 0.445. The molecular formula is C26H18N4O4. The molecule has 0 aliphatic carbocycles. The number of amides is 3. The molecule has 1 heterocycles. The first kappa shape index (κ1) is 23.6. The van der Waals surface area contributed by atoms with Gasteiger partial charge in [-0.25, -0.2) is 0 Å². The van der Waals surface area contributed by atoms with Gasteiger partial charge in [-0.1, -0.05) is 18.2 Å². The Bertz CT molecular complexity index is 1370. The van der Waals surface area contributed by atoms with Crippen molar-refractivity contribution in [2.45, 2.75) is 0 Å². The van der Waals surface area contributed by atoms with Crippen molar-refractivity contribution < 1.29 is 19.2 Å². The molecule has 0 bridgehead atoms. The molecule has 0 saturated heterocycles. The van der Waals surface area contributed by atoms with E-state index >= 15 is 0 Å². The first-order valence-electron chi connectivity index (χ1n) is 10.0. The van der Waals surface area contributed by atoms with Gasteiger partial charge in [-0.05, 0) is 48.5 Å². The van der Waals surface area contributed by atoms with Crippen LogP contribution in [0.2, 0.25) is 0 Å². The lowest BCUT2D eigenvalue weighted by molar-refractivity contribution is 0.0692. The van der Waals surface area contributed by atoms with E-state index in [1.54, 1.807) is 36.4 Å². The Morgan fingerprint density at radius 1 is 0.882 bits per heavy atom. The molecule has 0 fully saturated rings. The van der Waals surface area contributed by atoms with E-state index in [0.29, 0.717) is 23.1 Å². The zero-order valence-electron chi connectivity index (χ0n) is 18.4. The topological polar surface area (TPSA) is 122 Å². The average Bonchev–Trinajstić information content (AvgIpc) is 3.11. The van der Waals surface area contributed by atoms with Crippen LogP contribution in [0.15, 0.2) is 66.7 Å². The molecule has 1 aliphatic rings. The molecule has 0 N–H and O–H groups in total. The zero-order valence-corrected chi connectivity index (χ0v) is 18.4. The number of hydrogen-bond acceptors (Lipinski definition) is 6. The summed E-state index contributed by atoms with van der Waals surface area (Å²) in [5.74, 6) is -1.53. The number of aldehydes is 1. The summed E-state index contributed by atoms with van der Waals surface area (Å²) in [6.07, 6.45) is 0.482. The van der Waals surface area contributed by atoms with Crippen molar-refractivity contribution in [3.8, 4) is 12.1 Å². The molecule has 3 aromatic rings. The van der Waals surface area contributed by atoms with E-state index in [0.717, 1.165) is 4.90 Å². The fourth-order valence-electron chi connectivity index (χ4n) is 3.28. The summed E-state index contributed by atoms with van der Waals surface area (Å²) in [6.45, 7) is 0. The summed E-state index contributed by atoms with van der Waals surface area (Å²) < 4.78 is 0. The molecule has 0 spiro atoms. The molecular weight excluding hydrogens is 432 g/mol. The largest absolute Gasteiger partial charge is 0.311 e. The molecule has 8 nitrogen and oxygen atoms in total. The highest BCUT2D eigenvalue weighted by molar-refractivity contribution is 6.23. The van der Waals surface area contributed by atoms with Gasteiger partial charge < -0.3 is 4.90 Å². The Hall–Kier alpha value is -5.08. The van der Waals surface area contributed by atoms with Crippen molar-refractivity contribution >= 4 is 29.7 Å². The predicted octanol–water partition coefficient (Wildman–Crippen LogP) is 3.43. The van der Waals surface area contributed by atoms with Gasteiger partial charge in [0.05, 0.1) is 40.0 Å². The van der Waals surface area contributed by atoms with Gasteiger partial charge in [0, 0.05) is 25.3 Å². The lowest BCUT2D eigenvalue weighted by Gasteiger charge is -2.18. The normalized spacial score (nSPS) is 11.5. The fourth-order valence-corrected chi connectivity index (χ4v) is 3.28. The van der Waals surface area contributed by atoms with Crippen molar-refractivity contribution in [3.05, 3.63) is 100 Å².